The van der Waals surface area contributed by atoms with Crippen LogP contribution in [-0.4, -0.2) is 63.2 Å². The molecule has 1 aromatic heterocycles. The van der Waals surface area contributed by atoms with E-state index in [0.717, 1.165) is 24.5 Å². The van der Waals surface area contributed by atoms with Gasteiger partial charge in [0.25, 0.3) is 5.91 Å². The van der Waals surface area contributed by atoms with Gasteiger partial charge in [-0.25, -0.2) is 0 Å². The highest BCUT2D eigenvalue weighted by molar-refractivity contribution is 5.99. The minimum Gasteiger partial charge on any atom is -0.387 e. The highest BCUT2D eigenvalue weighted by Crippen LogP contribution is 2.14. The van der Waals surface area contributed by atoms with Crippen LogP contribution in [-0.2, 0) is 4.74 Å². The molecule has 0 radical (unpaired) electrons. The minimum atomic E-state index is -0.109. The van der Waals surface area contributed by atoms with Crippen LogP contribution in [0.2, 0.25) is 0 Å². The number of amides is 1. The van der Waals surface area contributed by atoms with Crippen molar-refractivity contribution in [2.75, 3.05) is 52.8 Å². The van der Waals surface area contributed by atoms with Crippen molar-refractivity contribution in [1.29, 1.82) is 0 Å². The Kier molecular flexibility index (Phi) is 6.97. The molecule has 2 N–H and O–H groups in total. The van der Waals surface area contributed by atoms with E-state index in [4.69, 9.17) is 4.74 Å². The first-order valence-corrected chi connectivity index (χ1v) is 6.68. The van der Waals surface area contributed by atoms with Gasteiger partial charge in [-0.1, -0.05) is 0 Å². The van der Waals surface area contributed by atoms with E-state index in [1.807, 2.05) is 20.0 Å². The maximum absolute atomic E-state index is 12.1. The molecule has 0 bridgehead atoms. The van der Waals surface area contributed by atoms with E-state index >= 15 is 0 Å². The molecule has 0 aromatic carbocycles. The van der Waals surface area contributed by atoms with Crippen molar-refractivity contribution in [3.8, 4) is 0 Å². The molecule has 6 nitrogen and oxygen atoms in total. The molecular weight excluding hydrogens is 256 g/mol. The predicted octanol–water partition coefficient (Wildman–Crippen LogP) is 0.740. The zero-order valence-corrected chi connectivity index (χ0v) is 12.7. The first kappa shape index (κ1) is 16.4. The molecule has 0 spiro atoms. The van der Waals surface area contributed by atoms with Gasteiger partial charge in [-0.2, -0.15) is 0 Å². The Labute approximate surface area is 120 Å². The molecule has 0 atom stereocenters. The van der Waals surface area contributed by atoms with E-state index in [2.05, 4.69) is 20.5 Å². The van der Waals surface area contributed by atoms with Gasteiger partial charge in [-0.3, -0.25) is 9.78 Å². The molecular formula is C14H24N4O2. The number of ether oxygens (including phenoxy) is 1. The number of methoxy groups -OCH3 is 1. The SMILES string of the molecule is CNc1cc(C)ncc1C(=O)NCCN(C)CCOC. The largest absolute Gasteiger partial charge is 0.387 e. The van der Waals surface area contributed by atoms with Crippen molar-refractivity contribution in [1.82, 2.24) is 15.2 Å². The molecule has 0 aliphatic heterocycles. The summed E-state index contributed by atoms with van der Waals surface area (Å²) in [5.74, 6) is -0.109. The maximum atomic E-state index is 12.1. The number of nitrogens with one attached hydrogen (secondary N) is 2. The average molecular weight is 280 g/mol. The van der Waals surface area contributed by atoms with Gasteiger partial charge in [0, 0.05) is 45.7 Å². The first-order valence-electron chi connectivity index (χ1n) is 6.68. The topological polar surface area (TPSA) is 66.5 Å². The number of carbonyl (C=O) groups excluding carboxylic acids is 1. The smallest absolute Gasteiger partial charge is 0.254 e. The second-order valence-corrected chi connectivity index (χ2v) is 4.67. The van der Waals surface area contributed by atoms with Crippen LogP contribution in [0.5, 0.6) is 0 Å². The van der Waals surface area contributed by atoms with Gasteiger partial charge in [0.15, 0.2) is 0 Å². The molecule has 0 aliphatic rings. The minimum absolute atomic E-state index is 0.109. The molecule has 0 aliphatic carbocycles. The molecule has 1 rings (SSSR count). The van der Waals surface area contributed by atoms with E-state index in [1.165, 1.54) is 0 Å². The van der Waals surface area contributed by atoms with Gasteiger partial charge in [0.2, 0.25) is 0 Å². The van der Waals surface area contributed by atoms with Crippen LogP contribution < -0.4 is 10.6 Å². The van der Waals surface area contributed by atoms with Crippen molar-refractivity contribution < 1.29 is 9.53 Å². The van der Waals surface area contributed by atoms with E-state index in [0.29, 0.717) is 18.7 Å². The number of anilines is 1. The Hall–Kier alpha value is -1.66. The van der Waals surface area contributed by atoms with Crippen molar-refractivity contribution in [2.45, 2.75) is 6.92 Å². The van der Waals surface area contributed by atoms with Gasteiger partial charge in [0.05, 0.1) is 17.9 Å². The van der Waals surface area contributed by atoms with Crippen molar-refractivity contribution in [3.63, 3.8) is 0 Å². The fraction of sp³-hybridized carbons (Fsp3) is 0.571. The van der Waals surface area contributed by atoms with E-state index in [9.17, 15) is 4.79 Å². The summed E-state index contributed by atoms with van der Waals surface area (Å²) < 4.78 is 5.01. The van der Waals surface area contributed by atoms with Crippen LogP contribution in [0.1, 0.15) is 16.1 Å². The standard InChI is InChI=1S/C14H24N4O2/c1-11-9-13(15-2)12(10-17-11)14(19)16-5-6-18(3)7-8-20-4/h9-10H,5-8H2,1-4H3,(H,15,17)(H,16,19). The molecule has 0 fully saturated rings. The fourth-order valence-corrected chi connectivity index (χ4v) is 1.76. The zero-order valence-electron chi connectivity index (χ0n) is 12.7. The monoisotopic (exact) mass is 280 g/mol. The van der Waals surface area contributed by atoms with Gasteiger partial charge in [0.1, 0.15) is 0 Å². The Morgan fingerprint density at radius 2 is 2.20 bits per heavy atom. The summed E-state index contributed by atoms with van der Waals surface area (Å²) in [6.07, 6.45) is 1.60. The molecule has 1 aromatic rings. The Balaban J connectivity index is 2.47. The van der Waals surface area contributed by atoms with Crippen molar-refractivity contribution in [3.05, 3.63) is 23.5 Å². The molecule has 0 saturated carbocycles. The molecule has 1 amide bonds. The average Bonchev–Trinajstić information content (AvgIpc) is 2.44. The number of pyridine rings is 1. The summed E-state index contributed by atoms with van der Waals surface area (Å²) in [5.41, 5.74) is 2.24. The quantitative estimate of drug-likeness (QED) is 0.735. The lowest BCUT2D eigenvalue weighted by Crippen LogP contribution is -2.34. The highest BCUT2D eigenvalue weighted by atomic mass is 16.5. The lowest BCUT2D eigenvalue weighted by atomic mass is 10.2. The van der Waals surface area contributed by atoms with Gasteiger partial charge in [-0.15, -0.1) is 0 Å². The molecule has 6 heteroatoms. The third-order valence-corrected chi connectivity index (χ3v) is 3.01. The lowest BCUT2D eigenvalue weighted by Gasteiger charge is -2.16. The zero-order chi connectivity index (χ0) is 15.0. The number of hydrogen-bond acceptors (Lipinski definition) is 5. The van der Waals surface area contributed by atoms with Crippen LogP contribution >= 0.6 is 0 Å². The van der Waals surface area contributed by atoms with Crippen LogP contribution in [0, 0.1) is 6.92 Å². The number of aromatic nitrogens is 1. The fourth-order valence-electron chi connectivity index (χ4n) is 1.76. The number of carbonyl (C=O) groups is 1. The summed E-state index contributed by atoms with van der Waals surface area (Å²) in [4.78, 5) is 18.4. The number of rotatable bonds is 8. The third kappa shape index (κ3) is 5.14. The highest BCUT2D eigenvalue weighted by Gasteiger charge is 2.11. The van der Waals surface area contributed by atoms with Gasteiger partial charge >= 0.3 is 0 Å². The summed E-state index contributed by atoms with van der Waals surface area (Å²) in [6, 6.07) is 1.86. The third-order valence-electron chi connectivity index (χ3n) is 3.01. The molecule has 0 unspecified atom stereocenters. The van der Waals surface area contributed by atoms with Crippen molar-refractivity contribution >= 4 is 11.6 Å². The number of nitrogens with zero attached hydrogens (tertiary/aromatic N) is 2. The Morgan fingerprint density at radius 1 is 1.45 bits per heavy atom. The second-order valence-electron chi connectivity index (χ2n) is 4.67. The van der Waals surface area contributed by atoms with Gasteiger partial charge in [-0.05, 0) is 20.0 Å². The molecule has 112 valence electrons. The Morgan fingerprint density at radius 3 is 2.85 bits per heavy atom. The summed E-state index contributed by atoms with van der Waals surface area (Å²) in [6.45, 7) is 4.81. The van der Waals surface area contributed by atoms with Gasteiger partial charge < -0.3 is 20.3 Å². The molecule has 1 heterocycles. The lowest BCUT2D eigenvalue weighted by molar-refractivity contribution is 0.0948. The summed E-state index contributed by atoms with van der Waals surface area (Å²) >= 11 is 0. The van der Waals surface area contributed by atoms with Crippen LogP contribution in [0.3, 0.4) is 0 Å². The van der Waals surface area contributed by atoms with E-state index in [-0.39, 0.29) is 5.91 Å². The summed E-state index contributed by atoms with van der Waals surface area (Å²) in [7, 11) is 5.47. The van der Waals surface area contributed by atoms with E-state index < -0.39 is 0 Å². The molecule has 0 saturated heterocycles. The number of aryl methyl sites for hydroxylation is 1. The van der Waals surface area contributed by atoms with Crippen LogP contribution in [0.25, 0.3) is 0 Å². The molecule has 20 heavy (non-hydrogen) atoms. The van der Waals surface area contributed by atoms with E-state index in [1.54, 1.807) is 20.4 Å². The summed E-state index contributed by atoms with van der Waals surface area (Å²) in [5, 5.41) is 5.92. The van der Waals surface area contributed by atoms with Crippen LogP contribution in [0.4, 0.5) is 5.69 Å². The maximum Gasteiger partial charge on any atom is 0.254 e. The number of likely N-dealkylation sites (N-methyl/N-ethyl adjacent to an activating group) is 1. The predicted molar refractivity (Wildman–Crippen MR) is 80.2 cm³/mol. The first-order chi connectivity index (χ1) is 9.58. The second kappa shape index (κ2) is 8.50. The normalized spacial score (nSPS) is 10.7. The Bertz CT molecular complexity index is 437. The van der Waals surface area contributed by atoms with Crippen molar-refractivity contribution in [2.24, 2.45) is 0 Å². The van der Waals surface area contributed by atoms with Crippen LogP contribution in [0.15, 0.2) is 12.3 Å². The number of hydrogen-bond donors (Lipinski definition) is 2.